The van der Waals surface area contributed by atoms with Gasteiger partial charge in [-0.1, -0.05) is 13.8 Å². The summed E-state index contributed by atoms with van der Waals surface area (Å²) in [6, 6.07) is 1.02. The Balaban J connectivity index is 2.33. The Morgan fingerprint density at radius 1 is 1.61 bits per heavy atom. The molecule has 0 bridgehead atoms. The van der Waals surface area contributed by atoms with E-state index in [-0.39, 0.29) is 11.8 Å². The number of carbonyl (C=O) groups is 2. The molecule has 0 saturated carbocycles. The number of rotatable bonds is 3. The van der Waals surface area contributed by atoms with E-state index >= 15 is 0 Å². The van der Waals surface area contributed by atoms with Crippen molar-refractivity contribution in [2.45, 2.75) is 32.7 Å². The van der Waals surface area contributed by atoms with Crippen LogP contribution in [-0.4, -0.2) is 28.4 Å². The molecule has 0 saturated heterocycles. The number of hydrogen-bond acceptors (Lipinski definition) is 3. The lowest BCUT2D eigenvalue weighted by Crippen LogP contribution is -2.45. The second kappa shape index (κ2) is 5.10. The minimum absolute atomic E-state index is 0.0539. The minimum Gasteiger partial charge on any atom is -0.479 e. The Morgan fingerprint density at radius 3 is 2.94 bits per heavy atom. The highest BCUT2D eigenvalue weighted by Gasteiger charge is 2.37. The van der Waals surface area contributed by atoms with Crippen molar-refractivity contribution in [3.8, 4) is 0 Å². The zero-order valence-corrected chi connectivity index (χ0v) is 11.4. The van der Waals surface area contributed by atoms with E-state index in [2.05, 4.69) is 0 Å². The molecule has 2 unspecified atom stereocenters. The normalized spacial score (nSPS) is 20.3. The van der Waals surface area contributed by atoms with Crippen LogP contribution in [0.2, 0.25) is 0 Å². The molecular weight excluding hydrogens is 250 g/mol. The molecule has 1 N–H and O–H groups in total. The Hall–Kier alpha value is -1.36. The molecule has 2 atom stereocenters. The number of hydrogen-bond donors (Lipinski definition) is 1. The molecule has 98 valence electrons. The molecule has 1 aromatic heterocycles. The molecule has 18 heavy (non-hydrogen) atoms. The van der Waals surface area contributed by atoms with Gasteiger partial charge in [0.15, 0.2) is 6.04 Å². The van der Waals surface area contributed by atoms with Gasteiger partial charge in [0, 0.05) is 17.3 Å². The van der Waals surface area contributed by atoms with Crippen LogP contribution in [0.4, 0.5) is 0 Å². The van der Waals surface area contributed by atoms with Crippen molar-refractivity contribution in [1.29, 1.82) is 0 Å². The van der Waals surface area contributed by atoms with Crippen molar-refractivity contribution in [3.63, 3.8) is 0 Å². The molecule has 0 aliphatic carbocycles. The lowest BCUT2D eigenvalue weighted by Gasteiger charge is -2.34. The summed E-state index contributed by atoms with van der Waals surface area (Å²) in [5.41, 5.74) is 0.787. The van der Waals surface area contributed by atoms with Gasteiger partial charge in [0.2, 0.25) is 5.91 Å². The Kier molecular flexibility index (Phi) is 3.71. The lowest BCUT2D eigenvalue weighted by atomic mass is 9.97. The zero-order chi connectivity index (χ0) is 13.3. The van der Waals surface area contributed by atoms with Gasteiger partial charge < -0.3 is 10.0 Å². The van der Waals surface area contributed by atoms with E-state index in [0.717, 1.165) is 23.3 Å². The Morgan fingerprint density at radius 2 is 2.33 bits per heavy atom. The van der Waals surface area contributed by atoms with Gasteiger partial charge in [-0.15, -0.1) is 11.3 Å². The largest absolute Gasteiger partial charge is 0.479 e. The quantitative estimate of drug-likeness (QED) is 0.914. The maximum absolute atomic E-state index is 12.2. The van der Waals surface area contributed by atoms with Crippen molar-refractivity contribution in [2.75, 3.05) is 6.54 Å². The summed E-state index contributed by atoms with van der Waals surface area (Å²) in [5, 5.41) is 11.3. The molecule has 0 radical (unpaired) electrons. The first-order chi connectivity index (χ1) is 8.56. The average Bonchev–Trinajstić information content (AvgIpc) is 2.83. The van der Waals surface area contributed by atoms with Crippen LogP contribution in [-0.2, 0) is 16.0 Å². The fourth-order valence-electron chi connectivity index (χ4n) is 2.28. The molecular formula is C13H17NO3S. The second-order valence-electron chi connectivity index (χ2n) is 4.63. The highest BCUT2D eigenvalue weighted by molar-refractivity contribution is 7.10. The van der Waals surface area contributed by atoms with Crippen LogP contribution in [0.3, 0.4) is 0 Å². The third-order valence-corrected chi connectivity index (χ3v) is 4.51. The van der Waals surface area contributed by atoms with Crippen molar-refractivity contribution >= 4 is 23.2 Å². The van der Waals surface area contributed by atoms with Gasteiger partial charge >= 0.3 is 5.97 Å². The SMILES string of the molecule is CCC(C)C(=O)N1CCc2sccc2C1C(=O)O. The molecule has 1 aromatic rings. The van der Waals surface area contributed by atoms with Crippen molar-refractivity contribution < 1.29 is 14.7 Å². The van der Waals surface area contributed by atoms with E-state index < -0.39 is 12.0 Å². The van der Waals surface area contributed by atoms with E-state index in [4.69, 9.17) is 0 Å². The van der Waals surface area contributed by atoms with Crippen LogP contribution < -0.4 is 0 Å². The summed E-state index contributed by atoms with van der Waals surface area (Å²) in [7, 11) is 0. The van der Waals surface area contributed by atoms with Crippen molar-refractivity contribution in [2.24, 2.45) is 5.92 Å². The zero-order valence-electron chi connectivity index (χ0n) is 10.5. The summed E-state index contributed by atoms with van der Waals surface area (Å²) in [6.45, 7) is 4.30. The van der Waals surface area contributed by atoms with Gasteiger partial charge in [0.05, 0.1) is 0 Å². The third-order valence-electron chi connectivity index (χ3n) is 3.52. The molecule has 4 nitrogen and oxygen atoms in total. The summed E-state index contributed by atoms with van der Waals surface area (Å²) in [5.74, 6) is -1.11. The smallest absolute Gasteiger partial charge is 0.331 e. The molecule has 0 fully saturated rings. The number of fused-ring (bicyclic) bond motifs is 1. The molecule has 1 amide bonds. The number of thiophene rings is 1. The number of aliphatic carboxylic acids is 1. The number of carboxylic acid groups (broad SMARTS) is 1. The second-order valence-corrected chi connectivity index (χ2v) is 5.63. The van der Waals surface area contributed by atoms with Crippen molar-refractivity contribution in [1.82, 2.24) is 4.90 Å². The van der Waals surface area contributed by atoms with Gasteiger partial charge in [-0.05, 0) is 29.9 Å². The first-order valence-corrected chi connectivity index (χ1v) is 7.03. The van der Waals surface area contributed by atoms with Crippen LogP contribution in [0.15, 0.2) is 11.4 Å². The Bertz CT molecular complexity index is 469. The molecule has 1 aliphatic heterocycles. The third kappa shape index (κ3) is 2.14. The lowest BCUT2D eigenvalue weighted by molar-refractivity contribution is -0.152. The first-order valence-electron chi connectivity index (χ1n) is 6.15. The number of nitrogens with zero attached hydrogens (tertiary/aromatic N) is 1. The van der Waals surface area contributed by atoms with Crippen LogP contribution in [0.5, 0.6) is 0 Å². The summed E-state index contributed by atoms with van der Waals surface area (Å²) in [4.78, 5) is 26.3. The topological polar surface area (TPSA) is 57.6 Å². The number of amides is 1. The summed E-state index contributed by atoms with van der Waals surface area (Å²) in [6.07, 6.45) is 1.50. The maximum atomic E-state index is 12.2. The van der Waals surface area contributed by atoms with Gasteiger partial charge in [-0.2, -0.15) is 0 Å². The van der Waals surface area contributed by atoms with Gasteiger partial charge in [0.25, 0.3) is 0 Å². The molecule has 0 spiro atoms. The predicted molar refractivity (Wildman–Crippen MR) is 69.6 cm³/mol. The highest BCUT2D eigenvalue weighted by Crippen LogP contribution is 2.34. The summed E-state index contributed by atoms with van der Waals surface area (Å²) >= 11 is 1.57. The average molecular weight is 267 g/mol. The van der Waals surface area contributed by atoms with Gasteiger partial charge in [0.1, 0.15) is 0 Å². The minimum atomic E-state index is -0.939. The Labute approximate surface area is 110 Å². The molecule has 2 rings (SSSR count). The van der Waals surface area contributed by atoms with Crippen LogP contribution in [0.1, 0.15) is 36.8 Å². The predicted octanol–water partition coefficient (Wildman–Crippen LogP) is 2.30. The van der Waals surface area contributed by atoms with Gasteiger partial charge in [-0.25, -0.2) is 4.79 Å². The monoisotopic (exact) mass is 267 g/mol. The van der Waals surface area contributed by atoms with Crippen LogP contribution in [0.25, 0.3) is 0 Å². The molecule has 2 heterocycles. The van der Waals surface area contributed by atoms with E-state index in [0.29, 0.717) is 6.54 Å². The molecule has 5 heteroatoms. The van der Waals surface area contributed by atoms with E-state index in [1.807, 2.05) is 25.3 Å². The molecule has 0 aromatic carbocycles. The fourth-order valence-corrected chi connectivity index (χ4v) is 3.18. The number of carboxylic acids is 1. The van der Waals surface area contributed by atoms with E-state index in [1.165, 1.54) is 4.90 Å². The standard InChI is InChI=1S/C13H17NO3S/c1-3-8(2)12(15)14-6-4-10-9(5-7-18-10)11(14)13(16)17/h5,7-8,11H,3-4,6H2,1-2H3,(H,16,17). The van der Waals surface area contributed by atoms with Gasteiger partial charge in [-0.3, -0.25) is 4.79 Å². The maximum Gasteiger partial charge on any atom is 0.331 e. The van der Waals surface area contributed by atoms with E-state index in [9.17, 15) is 14.7 Å². The van der Waals surface area contributed by atoms with Crippen LogP contribution >= 0.6 is 11.3 Å². The first kappa shape index (κ1) is 13.1. The van der Waals surface area contributed by atoms with Crippen molar-refractivity contribution in [3.05, 3.63) is 21.9 Å². The highest BCUT2D eigenvalue weighted by atomic mass is 32.1. The summed E-state index contributed by atoms with van der Waals surface area (Å²) < 4.78 is 0. The van der Waals surface area contributed by atoms with Crippen LogP contribution in [0, 0.1) is 5.92 Å². The fraction of sp³-hybridized carbons (Fsp3) is 0.538. The van der Waals surface area contributed by atoms with E-state index in [1.54, 1.807) is 11.3 Å². The number of carbonyl (C=O) groups excluding carboxylic acids is 1. The molecule has 1 aliphatic rings.